The SMILES string of the molecule is COc1cc(C(=O)NCC(C)C(=O)O)ccc1OCCC(C)C. The van der Waals surface area contributed by atoms with Crippen LogP contribution < -0.4 is 14.8 Å². The number of hydrogen-bond acceptors (Lipinski definition) is 4. The van der Waals surface area contributed by atoms with Gasteiger partial charge in [-0.05, 0) is 30.5 Å². The molecule has 0 aliphatic heterocycles. The number of benzene rings is 1. The van der Waals surface area contributed by atoms with Gasteiger partial charge in [0.05, 0.1) is 19.6 Å². The average Bonchev–Trinajstić information content (AvgIpc) is 2.51. The summed E-state index contributed by atoms with van der Waals surface area (Å²) in [5.41, 5.74) is 0.399. The van der Waals surface area contributed by atoms with Crippen LogP contribution in [0.15, 0.2) is 18.2 Å². The highest BCUT2D eigenvalue weighted by Gasteiger charge is 2.15. The summed E-state index contributed by atoms with van der Waals surface area (Å²) in [7, 11) is 1.51. The Morgan fingerprint density at radius 3 is 2.48 bits per heavy atom. The molecule has 0 heterocycles. The number of amides is 1. The van der Waals surface area contributed by atoms with Crippen LogP contribution in [0.1, 0.15) is 37.6 Å². The minimum absolute atomic E-state index is 0.0725. The third-order valence-electron chi connectivity index (χ3n) is 3.37. The van der Waals surface area contributed by atoms with Crippen LogP contribution in [0.2, 0.25) is 0 Å². The van der Waals surface area contributed by atoms with E-state index in [0.29, 0.717) is 29.6 Å². The van der Waals surface area contributed by atoms with Crippen LogP contribution in [-0.2, 0) is 4.79 Å². The molecule has 1 amide bonds. The number of ether oxygens (including phenoxy) is 2. The van der Waals surface area contributed by atoms with Gasteiger partial charge in [0.15, 0.2) is 11.5 Å². The van der Waals surface area contributed by atoms with E-state index in [0.717, 1.165) is 6.42 Å². The number of aliphatic carboxylic acids is 1. The zero-order chi connectivity index (χ0) is 17.4. The highest BCUT2D eigenvalue weighted by Crippen LogP contribution is 2.28. The van der Waals surface area contributed by atoms with Crippen LogP contribution >= 0.6 is 0 Å². The summed E-state index contributed by atoms with van der Waals surface area (Å²) in [6.07, 6.45) is 0.929. The third-order valence-corrected chi connectivity index (χ3v) is 3.37. The number of rotatable bonds is 9. The predicted octanol–water partition coefficient (Wildman–Crippen LogP) is 2.57. The summed E-state index contributed by atoms with van der Waals surface area (Å²) < 4.78 is 10.9. The van der Waals surface area contributed by atoms with E-state index in [1.165, 1.54) is 14.0 Å². The van der Waals surface area contributed by atoms with Gasteiger partial charge in [-0.2, -0.15) is 0 Å². The van der Waals surface area contributed by atoms with E-state index in [1.807, 2.05) is 0 Å². The van der Waals surface area contributed by atoms with Crippen molar-refractivity contribution in [1.29, 1.82) is 0 Å². The van der Waals surface area contributed by atoms with Crippen molar-refractivity contribution in [3.05, 3.63) is 23.8 Å². The summed E-state index contributed by atoms with van der Waals surface area (Å²) in [6, 6.07) is 4.91. The smallest absolute Gasteiger partial charge is 0.308 e. The lowest BCUT2D eigenvalue weighted by molar-refractivity contribution is -0.140. The van der Waals surface area contributed by atoms with E-state index in [-0.39, 0.29) is 12.5 Å². The monoisotopic (exact) mass is 323 g/mol. The Bertz CT molecular complexity index is 542. The van der Waals surface area contributed by atoms with Crippen molar-refractivity contribution in [3.8, 4) is 11.5 Å². The van der Waals surface area contributed by atoms with Gasteiger partial charge < -0.3 is 19.9 Å². The highest BCUT2D eigenvalue weighted by atomic mass is 16.5. The Kier molecular flexibility index (Phi) is 7.38. The highest BCUT2D eigenvalue weighted by molar-refractivity contribution is 5.95. The second-order valence-electron chi connectivity index (χ2n) is 5.85. The van der Waals surface area contributed by atoms with Crippen molar-refractivity contribution in [2.45, 2.75) is 27.2 Å². The van der Waals surface area contributed by atoms with Gasteiger partial charge in [-0.25, -0.2) is 0 Å². The van der Waals surface area contributed by atoms with E-state index in [1.54, 1.807) is 18.2 Å². The first-order valence-electron chi connectivity index (χ1n) is 7.67. The molecule has 1 unspecified atom stereocenters. The Balaban J connectivity index is 2.70. The third kappa shape index (κ3) is 6.18. The summed E-state index contributed by atoms with van der Waals surface area (Å²) >= 11 is 0. The van der Waals surface area contributed by atoms with Crippen LogP contribution in [0.3, 0.4) is 0 Å². The summed E-state index contributed by atoms with van der Waals surface area (Å²) in [4.78, 5) is 22.8. The lowest BCUT2D eigenvalue weighted by Gasteiger charge is -2.13. The van der Waals surface area contributed by atoms with Gasteiger partial charge in [-0.15, -0.1) is 0 Å². The summed E-state index contributed by atoms with van der Waals surface area (Å²) in [5, 5.41) is 11.4. The molecule has 0 aliphatic rings. The van der Waals surface area contributed by atoms with Crippen LogP contribution in [0, 0.1) is 11.8 Å². The first kappa shape index (κ1) is 18.8. The van der Waals surface area contributed by atoms with E-state index in [2.05, 4.69) is 19.2 Å². The molecule has 1 aromatic rings. The molecular formula is C17H25NO5. The van der Waals surface area contributed by atoms with Crippen LogP contribution in [0.5, 0.6) is 11.5 Å². The number of carboxylic acid groups (broad SMARTS) is 1. The van der Waals surface area contributed by atoms with Crippen molar-refractivity contribution in [1.82, 2.24) is 5.32 Å². The molecular weight excluding hydrogens is 298 g/mol. The fraction of sp³-hybridized carbons (Fsp3) is 0.529. The lowest BCUT2D eigenvalue weighted by Crippen LogP contribution is -2.31. The summed E-state index contributed by atoms with van der Waals surface area (Å²) in [5.74, 6) is -0.319. The fourth-order valence-electron chi connectivity index (χ4n) is 1.77. The molecule has 23 heavy (non-hydrogen) atoms. The molecule has 1 aromatic carbocycles. The van der Waals surface area contributed by atoms with E-state index in [4.69, 9.17) is 14.6 Å². The van der Waals surface area contributed by atoms with Crippen molar-refractivity contribution >= 4 is 11.9 Å². The van der Waals surface area contributed by atoms with Crippen LogP contribution in [0.4, 0.5) is 0 Å². The van der Waals surface area contributed by atoms with E-state index in [9.17, 15) is 9.59 Å². The Labute approximate surface area is 136 Å². The topological polar surface area (TPSA) is 84.9 Å². The van der Waals surface area contributed by atoms with E-state index < -0.39 is 11.9 Å². The molecule has 0 radical (unpaired) electrons. The molecule has 0 aromatic heterocycles. The molecule has 128 valence electrons. The number of nitrogens with one attached hydrogen (secondary N) is 1. The molecule has 0 saturated heterocycles. The predicted molar refractivity (Wildman–Crippen MR) is 87.1 cm³/mol. The average molecular weight is 323 g/mol. The first-order chi connectivity index (χ1) is 10.8. The van der Waals surface area contributed by atoms with Crippen molar-refractivity contribution in [2.75, 3.05) is 20.3 Å². The van der Waals surface area contributed by atoms with Gasteiger partial charge in [0.1, 0.15) is 0 Å². The number of carbonyl (C=O) groups is 2. The second kappa shape index (κ2) is 9.02. The maximum absolute atomic E-state index is 12.1. The Morgan fingerprint density at radius 1 is 1.22 bits per heavy atom. The lowest BCUT2D eigenvalue weighted by atomic mass is 10.1. The van der Waals surface area contributed by atoms with Gasteiger partial charge in [0, 0.05) is 12.1 Å². The molecule has 6 nitrogen and oxygen atoms in total. The van der Waals surface area contributed by atoms with E-state index >= 15 is 0 Å². The maximum Gasteiger partial charge on any atom is 0.308 e. The second-order valence-corrected chi connectivity index (χ2v) is 5.85. The quantitative estimate of drug-likeness (QED) is 0.729. The maximum atomic E-state index is 12.1. The zero-order valence-corrected chi connectivity index (χ0v) is 14.1. The molecule has 0 fully saturated rings. The molecule has 1 rings (SSSR count). The minimum atomic E-state index is -0.947. The van der Waals surface area contributed by atoms with Crippen LogP contribution in [0.25, 0.3) is 0 Å². The molecule has 6 heteroatoms. The first-order valence-corrected chi connectivity index (χ1v) is 7.67. The van der Waals surface area contributed by atoms with Crippen molar-refractivity contribution in [2.24, 2.45) is 11.8 Å². The number of carboxylic acids is 1. The number of carbonyl (C=O) groups excluding carboxylic acids is 1. The van der Waals surface area contributed by atoms with Gasteiger partial charge in [0.25, 0.3) is 5.91 Å². The minimum Gasteiger partial charge on any atom is -0.493 e. The largest absolute Gasteiger partial charge is 0.493 e. The van der Waals surface area contributed by atoms with Gasteiger partial charge in [-0.1, -0.05) is 20.8 Å². The standard InChI is InChI=1S/C17H25NO5/c1-11(2)7-8-23-14-6-5-13(9-15(14)22-4)16(19)18-10-12(3)17(20)21/h5-6,9,11-12H,7-8,10H2,1-4H3,(H,18,19)(H,20,21). The molecule has 0 spiro atoms. The molecule has 0 bridgehead atoms. The number of hydrogen-bond donors (Lipinski definition) is 2. The Morgan fingerprint density at radius 2 is 1.91 bits per heavy atom. The zero-order valence-electron chi connectivity index (χ0n) is 14.1. The van der Waals surface area contributed by atoms with Crippen molar-refractivity contribution in [3.63, 3.8) is 0 Å². The van der Waals surface area contributed by atoms with Gasteiger partial charge in [-0.3, -0.25) is 9.59 Å². The van der Waals surface area contributed by atoms with Gasteiger partial charge in [0.2, 0.25) is 0 Å². The Hall–Kier alpha value is -2.24. The van der Waals surface area contributed by atoms with Crippen molar-refractivity contribution < 1.29 is 24.2 Å². The summed E-state index contributed by atoms with van der Waals surface area (Å²) in [6.45, 7) is 6.42. The van der Waals surface area contributed by atoms with Crippen LogP contribution in [-0.4, -0.2) is 37.2 Å². The molecule has 2 N–H and O–H groups in total. The fourth-order valence-corrected chi connectivity index (χ4v) is 1.77. The molecule has 1 atom stereocenters. The molecule has 0 saturated carbocycles. The molecule has 0 aliphatic carbocycles. The normalized spacial score (nSPS) is 11.9. The number of methoxy groups -OCH3 is 1. The van der Waals surface area contributed by atoms with Gasteiger partial charge >= 0.3 is 5.97 Å².